The molecule has 0 aliphatic heterocycles. The summed E-state index contributed by atoms with van der Waals surface area (Å²) in [5.74, 6) is -1.21. The van der Waals surface area contributed by atoms with Crippen molar-refractivity contribution in [1.29, 1.82) is 0 Å². The fourth-order valence-corrected chi connectivity index (χ4v) is 1.40. The lowest BCUT2D eigenvalue weighted by Crippen LogP contribution is -2.17. The summed E-state index contributed by atoms with van der Waals surface area (Å²) in [7, 11) is 0. The molecular formula is C11H8F3N3O2. The van der Waals surface area contributed by atoms with E-state index in [0.29, 0.717) is 0 Å². The average molecular weight is 271 g/mol. The van der Waals surface area contributed by atoms with Crippen LogP contribution >= 0.6 is 0 Å². The molecule has 0 amide bonds. The third kappa shape index (κ3) is 3.24. The van der Waals surface area contributed by atoms with E-state index in [0.717, 1.165) is 12.1 Å². The molecule has 100 valence electrons. The van der Waals surface area contributed by atoms with Gasteiger partial charge in [0.15, 0.2) is 11.5 Å². The molecule has 0 bridgehead atoms. The molecule has 0 atom stereocenters. The highest BCUT2D eigenvalue weighted by atomic mass is 19.4. The van der Waals surface area contributed by atoms with Crippen molar-refractivity contribution in [3.63, 3.8) is 0 Å². The lowest BCUT2D eigenvalue weighted by molar-refractivity contribution is -0.275. The van der Waals surface area contributed by atoms with E-state index in [1.807, 2.05) is 0 Å². The van der Waals surface area contributed by atoms with Gasteiger partial charge in [-0.3, -0.25) is 4.98 Å². The Balaban J connectivity index is 2.41. The summed E-state index contributed by atoms with van der Waals surface area (Å²) in [5, 5.41) is 9.31. The maximum absolute atomic E-state index is 12.1. The summed E-state index contributed by atoms with van der Waals surface area (Å²) in [6, 6.07) is 3.45. The van der Waals surface area contributed by atoms with Gasteiger partial charge < -0.3 is 15.6 Å². The lowest BCUT2D eigenvalue weighted by Gasteiger charge is -2.11. The number of anilines is 1. The number of rotatable bonds is 2. The number of ether oxygens (including phenoxy) is 1. The predicted molar refractivity (Wildman–Crippen MR) is 60.2 cm³/mol. The number of phenolic OH excluding ortho intramolecular Hbond substituents is 1. The number of hydrogen-bond acceptors (Lipinski definition) is 5. The number of aromatic hydroxyl groups is 1. The van der Waals surface area contributed by atoms with Crippen LogP contribution in [0.2, 0.25) is 0 Å². The van der Waals surface area contributed by atoms with Gasteiger partial charge in [-0.1, -0.05) is 0 Å². The van der Waals surface area contributed by atoms with Crippen LogP contribution in [0, 0.1) is 0 Å². The smallest absolute Gasteiger partial charge is 0.504 e. The molecule has 2 aromatic rings. The van der Waals surface area contributed by atoms with Gasteiger partial charge in [0.25, 0.3) is 0 Å². The predicted octanol–water partition coefficient (Wildman–Crippen LogP) is 2.33. The number of phenols is 1. The van der Waals surface area contributed by atoms with Crippen molar-refractivity contribution in [2.75, 3.05) is 5.73 Å². The largest absolute Gasteiger partial charge is 0.573 e. The van der Waals surface area contributed by atoms with Crippen molar-refractivity contribution in [1.82, 2.24) is 9.97 Å². The van der Waals surface area contributed by atoms with Crippen molar-refractivity contribution in [3.05, 3.63) is 30.6 Å². The average Bonchev–Trinajstić information content (AvgIpc) is 2.30. The normalized spacial score (nSPS) is 11.3. The van der Waals surface area contributed by atoms with Crippen LogP contribution in [0.3, 0.4) is 0 Å². The quantitative estimate of drug-likeness (QED) is 0.876. The Hall–Kier alpha value is -2.51. The first-order valence-electron chi connectivity index (χ1n) is 5.02. The second-order valence-electron chi connectivity index (χ2n) is 3.56. The molecule has 19 heavy (non-hydrogen) atoms. The van der Waals surface area contributed by atoms with Crippen LogP contribution in [-0.2, 0) is 0 Å². The van der Waals surface area contributed by atoms with Gasteiger partial charge in [-0.2, -0.15) is 0 Å². The highest BCUT2D eigenvalue weighted by Crippen LogP contribution is 2.34. The number of hydrogen-bond donors (Lipinski definition) is 2. The van der Waals surface area contributed by atoms with Crippen LogP contribution in [-0.4, -0.2) is 21.4 Å². The Morgan fingerprint density at radius 1 is 1.21 bits per heavy atom. The van der Waals surface area contributed by atoms with Gasteiger partial charge in [0.05, 0.1) is 18.1 Å². The summed E-state index contributed by atoms with van der Waals surface area (Å²) >= 11 is 0. The number of benzene rings is 1. The Labute approximate surface area is 105 Å². The molecule has 0 unspecified atom stereocenters. The molecule has 0 fully saturated rings. The van der Waals surface area contributed by atoms with E-state index in [9.17, 15) is 18.3 Å². The van der Waals surface area contributed by atoms with Gasteiger partial charge in [0.1, 0.15) is 5.82 Å². The van der Waals surface area contributed by atoms with Crippen LogP contribution in [0.25, 0.3) is 11.3 Å². The first-order valence-corrected chi connectivity index (χ1v) is 5.02. The molecule has 1 heterocycles. The topological polar surface area (TPSA) is 81.3 Å². The molecule has 0 saturated heterocycles. The van der Waals surface area contributed by atoms with Gasteiger partial charge in [0, 0.05) is 5.56 Å². The SMILES string of the molecule is Nc1cncc(-c2ccc(O)c(OC(F)(F)F)c2)n1. The number of halogens is 3. The molecule has 0 spiro atoms. The first-order chi connectivity index (χ1) is 8.85. The standard InChI is InChI=1S/C11H8F3N3O2/c12-11(13,14)19-9-3-6(1-2-8(9)18)7-4-16-5-10(15)17-7/h1-5,18H,(H2,15,17). The second kappa shape index (κ2) is 4.63. The summed E-state index contributed by atoms with van der Waals surface area (Å²) in [6.07, 6.45) is -2.26. The first kappa shape index (κ1) is 12.9. The lowest BCUT2D eigenvalue weighted by atomic mass is 10.1. The van der Waals surface area contributed by atoms with E-state index in [-0.39, 0.29) is 17.1 Å². The summed E-state index contributed by atoms with van der Waals surface area (Å²) in [4.78, 5) is 7.68. The molecule has 0 saturated carbocycles. The molecular weight excluding hydrogens is 263 g/mol. The summed E-state index contributed by atoms with van der Waals surface area (Å²) in [5.41, 5.74) is 5.99. The third-order valence-corrected chi connectivity index (χ3v) is 2.13. The number of nitrogen functional groups attached to an aromatic ring is 1. The Bertz CT molecular complexity index is 602. The van der Waals surface area contributed by atoms with Crippen LogP contribution in [0.15, 0.2) is 30.6 Å². The minimum atomic E-state index is -4.89. The van der Waals surface area contributed by atoms with Crippen LogP contribution in [0.5, 0.6) is 11.5 Å². The number of aromatic nitrogens is 2. The Kier molecular flexibility index (Phi) is 3.16. The monoisotopic (exact) mass is 271 g/mol. The number of nitrogens with zero attached hydrogens (tertiary/aromatic N) is 2. The van der Waals surface area contributed by atoms with Crippen LogP contribution in [0.1, 0.15) is 0 Å². The van der Waals surface area contributed by atoms with Crippen LogP contribution < -0.4 is 10.5 Å². The van der Waals surface area contributed by atoms with E-state index in [2.05, 4.69) is 14.7 Å². The second-order valence-corrected chi connectivity index (χ2v) is 3.56. The number of nitrogens with two attached hydrogens (primary N) is 1. The fraction of sp³-hybridized carbons (Fsp3) is 0.0909. The van der Waals surface area contributed by atoms with Crippen molar-refractivity contribution >= 4 is 5.82 Å². The third-order valence-electron chi connectivity index (χ3n) is 2.13. The van der Waals surface area contributed by atoms with Crippen molar-refractivity contribution in [2.45, 2.75) is 6.36 Å². The maximum Gasteiger partial charge on any atom is 0.573 e. The summed E-state index contributed by atoms with van der Waals surface area (Å²) in [6.45, 7) is 0. The van der Waals surface area contributed by atoms with Gasteiger partial charge in [-0.25, -0.2) is 4.98 Å². The number of alkyl halides is 3. The zero-order chi connectivity index (χ0) is 14.0. The molecule has 0 radical (unpaired) electrons. The van der Waals surface area contributed by atoms with Crippen molar-refractivity contribution in [3.8, 4) is 22.8 Å². The molecule has 1 aromatic carbocycles. The molecule has 8 heteroatoms. The minimum Gasteiger partial charge on any atom is -0.504 e. The van der Waals surface area contributed by atoms with E-state index < -0.39 is 17.9 Å². The highest BCUT2D eigenvalue weighted by molar-refractivity contribution is 5.64. The Morgan fingerprint density at radius 3 is 2.58 bits per heavy atom. The molecule has 0 aliphatic carbocycles. The minimum absolute atomic E-state index is 0.129. The van der Waals surface area contributed by atoms with Crippen molar-refractivity contribution < 1.29 is 23.0 Å². The van der Waals surface area contributed by atoms with Gasteiger partial charge in [-0.05, 0) is 18.2 Å². The van der Waals surface area contributed by atoms with Gasteiger partial charge >= 0.3 is 6.36 Å². The van der Waals surface area contributed by atoms with E-state index in [1.165, 1.54) is 18.5 Å². The van der Waals surface area contributed by atoms with E-state index in [4.69, 9.17) is 5.73 Å². The fourth-order valence-electron chi connectivity index (χ4n) is 1.40. The molecule has 2 rings (SSSR count). The zero-order valence-electron chi connectivity index (χ0n) is 9.35. The molecule has 0 aliphatic rings. The van der Waals surface area contributed by atoms with Gasteiger partial charge in [0.2, 0.25) is 0 Å². The van der Waals surface area contributed by atoms with E-state index in [1.54, 1.807) is 0 Å². The molecule has 1 aromatic heterocycles. The Morgan fingerprint density at radius 2 is 1.95 bits per heavy atom. The highest BCUT2D eigenvalue weighted by Gasteiger charge is 2.32. The van der Waals surface area contributed by atoms with Gasteiger partial charge in [-0.15, -0.1) is 13.2 Å². The molecule has 5 nitrogen and oxygen atoms in total. The van der Waals surface area contributed by atoms with Crippen LogP contribution in [0.4, 0.5) is 19.0 Å². The van der Waals surface area contributed by atoms with Crippen molar-refractivity contribution in [2.24, 2.45) is 0 Å². The maximum atomic E-state index is 12.1. The van der Waals surface area contributed by atoms with E-state index >= 15 is 0 Å². The zero-order valence-corrected chi connectivity index (χ0v) is 9.35. The molecule has 3 N–H and O–H groups in total. The summed E-state index contributed by atoms with van der Waals surface area (Å²) < 4.78 is 40.1.